The normalized spacial score (nSPS) is 16.4. The van der Waals surface area contributed by atoms with Crippen molar-refractivity contribution in [2.75, 3.05) is 0 Å². The van der Waals surface area contributed by atoms with Gasteiger partial charge in [0.2, 0.25) is 0 Å². The van der Waals surface area contributed by atoms with Gasteiger partial charge in [0, 0.05) is 0 Å². The van der Waals surface area contributed by atoms with Crippen LogP contribution in [-0.2, 0) is 40.7 Å². The molecule has 0 amide bonds. The minimum atomic E-state index is -5.40. The minimum absolute atomic E-state index is 0.219. The van der Waals surface area contributed by atoms with Crippen molar-refractivity contribution in [3.63, 3.8) is 0 Å². The standard InChI is InChI=1S/2C25H25O.C2H6Si.2ClH.Zr/c2*1-5-18-11-19(6-2)13-22(12-18)25-16(3)7-9-20-14-21(15-23(20)25)24-10-8-17(4)26-24;1-3-2;;;/h2*7-15H,5-6H2,1-4H3;1-2H3;2*1H;/q;;;;;+2/p-2. The molecule has 6 heteroatoms. The third kappa shape index (κ3) is 6.70. The SMILES string of the molecule is CCc1cc(CC)cc(-c2c(C)ccc3c2C=C(c2ccc(C)o2)[CH]3[Zr]([Cl])([Cl])([CH]2C(c3ccc(C)o3)=Cc3c2ccc(C)c3-c2cc(CC)cc(CC)c2)=[Si](C)C)c1. The van der Waals surface area contributed by atoms with Crippen LogP contribution in [0.15, 0.2) is 93.8 Å². The average molecular weight is 903 g/mol. The van der Waals surface area contributed by atoms with Gasteiger partial charge in [-0.15, -0.1) is 0 Å². The number of aryl methyl sites for hydroxylation is 8. The fraction of sp³-hybridized carbons (Fsp3) is 0.308. The summed E-state index contributed by atoms with van der Waals surface area (Å²) >= 11 is -5.40. The molecule has 0 N–H and O–H groups in total. The Morgan fingerprint density at radius 3 is 1.17 bits per heavy atom. The fourth-order valence-electron chi connectivity index (χ4n) is 10.0. The van der Waals surface area contributed by atoms with E-state index in [0.717, 1.165) is 59.9 Å². The molecule has 0 fully saturated rings. The van der Waals surface area contributed by atoms with Crippen molar-refractivity contribution in [3.8, 4) is 22.3 Å². The first-order valence-corrected chi connectivity index (χ1v) is 36.5. The van der Waals surface area contributed by atoms with E-state index in [0.29, 0.717) is 0 Å². The van der Waals surface area contributed by atoms with E-state index < -0.39 is 20.4 Å². The van der Waals surface area contributed by atoms with Crippen LogP contribution >= 0.6 is 17.0 Å². The quantitative estimate of drug-likeness (QED) is 0.128. The van der Waals surface area contributed by atoms with Crippen molar-refractivity contribution in [1.82, 2.24) is 0 Å². The second-order valence-corrected chi connectivity index (χ2v) is 55.8. The summed E-state index contributed by atoms with van der Waals surface area (Å²) in [6.45, 7) is 22.3. The van der Waals surface area contributed by atoms with Gasteiger partial charge in [0.15, 0.2) is 0 Å². The number of hydrogen-bond acceptors (Lipinski definition) is 2. The summed E-state index contributed by atoms with van der Waals surface area (Å²) in [5, 5.41) is 0. The number of furan rings is 2. The predicted octanol–water partition coefficient (Wildman–Crippen LogP) is 15.8. The first-order valence-electron chi connectivity index (χ1n) is 21.2. The number of halogens is 2. The van der Waals surface area contributed by atoms with Crippen molar-refractivity contribution < 1.29 is 23.8 Å². The zero-order chi connectivity index (χ0) is 41.3. The molecule has 6 aromatic rings. The first kappa shape index (κ1) is 41.3. The Balaban J connectivity index is 1.46. The van der Waals surface area contributed by atoms with Crippen molar-refractivity contribution in [2.24, 2.45) is 0 Å². The van der Waals surface area contributed by atoms with Crippen LogP contribution in [0, 0.1) is 27.7 Å². The van der Waals surface area contributed by atoms with Crippen LogP contribution in [0.5, 0.6) is 0 Å². The molecule has 0 saturated carbocycles. The third-order valence-corrected chi connectivity index (χ3v) is 59.5. The first-order chi connectivity index (χ1) is 27.7. The maximum absolute atomic E-state index is 9.02. The molecule has 2 unspecified atom stereocenters. The summed E-state index contributed by atoms with van der Waals surface area (Å²) in [5.41, 5.74) is 18.6. The topological polar surface area (TPSA) is 26.3 Å². The van der Waals surface area contributed by atoms with E-state index in [1.54, 1.807) is 0 Å². The molecule has 0 radical (unpaired) electrons. The molecule has 2 aromatic heterocycles. The molecule has 0 saturated heterocycles. The second-order valence-electron chi connectivity index (χ2n) is 17.0. The van der Waals surface area contributed by atoms with Crippen LogP contribution in [0.1, 0.15) is 114 Å². The van der Waals surface area contributed by atoms with E-state index in [-0.39, 0.29) is 7.25 Å². The zero-order valence-electron chi connectivity index (χ0n) is 35.8. The van der Waals surface area contributed by atoms with Gasteiger partial charge in [-0.05, 0) is 0 Å². The van der Waals surface area contributed by atoms with E-state index in [4.69, 9.17) is 25.9 Å². The Morgan fingerprint density at radius 2 is 0.879 bits per heavy atom. The van der Waals surface area contributed by atoms with Gasteiger partial charge < -0.3 is 0 Å². The van der Waals surface area contributed by atoms with Crippen LogP contribution in [0.4, 0.5) is 0 Å². The van der Waals surface area contributed by atoms with E-state index >= 15 is 0 Å². The van der Waals surface area contributed by atoms with E-state index in [1.165, 1.54) is 77.9 Å². The molecule has 8 rings (SSSR count). The summed E-state index contributed by atoms with van der Waals surface area (Å²) in [7, 11) is 18.0. The molecule has 4 aromatic carbocycles. The molecule has 0 aliphatic heterocycles. The summed E-state index contributed by atoms with van der Waals surface area (Å²) < 4.78 is 12.8. The van der Waals surface area contributed by atoms with Gasteiger partial charge in [-0.25, -0.2) is 0 Å². The Bertz CT molecular complexity index is 2540. The molecule has 0 spiro atoms. The summed E-state index contributed by atoms with van der Waals surface area (Å²) in [6, 6.07) is 31.9. The van der Waals surface area contributed by atoms with Crippen molar-refractivity contribution in [3.05, 3.63) is 164 Å². The van der Waals surface area contributed by atoms with Crippen LogP contribution in [-0.4, -0.2) is 5.43 Å². The van der Waals surface area contributed by atoms with Gasteiger partial charge in [-0.3, -0.25) is 0 Å². The monoisotopic (exact) mass is 900 g/mol. The summed E-state index contributed by atoms with van der Waals surface area (Å²) in [4.78, 5) is 0. The number of allylic oxidation sites excluding steroid dienone is 2. The summed E-state index contributed by atoms with van der Waals surface area (Å²) in [6.07, 6.45) is 8.73. The Morgan fingerprint density at radius 1 is 0.517 bits per heavy atom. The van der Waals surface area contributed by atoms with E-state index in [2.05, 4.69) is 152 Å². The van der Waals surface area contributed by atoms with Gasteiger partial charge in [0.1, 0.15) is 0 Å². The Kier molecular flexibility index (Phi) is 11.1. The molecule has 2 nitrogen and oxygen atoms in total. The summed E-state index contributed by atoms with van der Waals surface area (Å²) in [5.74, 6) is 3.46. The molecular weight excluding hydrogens is 847 g/mol. The second kappa shape index (κ2) is 15.6. The molecule has 58 heavy (non-hydrogen) atoms. The van der Waals surface area contributed by atoms with Crippen molar-refractivity contribution in [2.45, 2.75) is 101 Å². The van der Waals surface area contributed by atoms with Crippen molar-refractivity contribution in [1.29, 1.82) is 0 Å². The molecule has 298 valence electrons. The van der Waals surface area contributed by atoms with Crippen LogP contribution in [0.2, 0.25) is 13.1 Å². The third-order valence-electron chi connectivity index (χ3n) is 13.2. The van der Waals surface area contributed by atoms with Gasteiger partial charge in [-0.1, -0.05) is 0 Å². The van der Waals surface area contributed by atoms with E-state index in [9.17, 15) is 0 Å². The molecule has 2 aliphatic rings. The number of benzene rings is 4. The Labute approximate surface area is 354 Å². The van der Waals surface area contributed by atoms with Gasteiger partial charge in [0.05, 0.1) is 0 Å². The average Bonchev–Trinajstić information content (AvgIpc) is 4.02. The maximum atomic E-state index is 9.02. The number of hydrogen-bond donors (Lipinski definition) is 0. The molecular formula is C52H56Cl2O2SiZr. The molecule has 2 atom stereocenters. The van der Waals surface area contributed by atoms with Gasteiger partial charge in [0.25, 0.3) is 0 Å². The molecule has 0 bridgehead atoms. The molecule has 2 aliphatic carbocycles. The van der Waals surface area contributed by atoms with Crippen molar-refractivity contribution >= 4 is 45.8 Å². The predicted molar refractivity (Wildman–Crippen MR) is 248 cm³/mol. The van der Waals surface area contributed by atoms with Crippen LogP contribution in [0.3, 0.4) is 0 Å². The zero-order valence-corrected chi connectivity index (χ0v) is 40.8. The molecule has 2 heterocycles. The van der Waals surface area contributed by atoms with Gasteiger partial charge in [-0.2, -0.15) is 0 Å². The van der Waals surface area contributed by atoms with Gasteiger partial charge >= 0.3 is 357 Å². The fourth-order valence-corrected chi connectivity index (χ4v) is 37.7. The number of rotatable bonds is 10. The number of fused-ring (bicyclic) bond motifs is 2. The van der Waals surface area contributed by atoms with Crippen LogP contribution < -0.4 is 0 Å². The Hall–Kier alpha value is -3.40. The van der Waals surface area contributed by atoms with E-state index in [1.807, 2.05) is 13.8 Å². The van der Waals surface area contributed by atoms with Crippen LogP contribution in [0.25, 0.3) is 45.6 Å².